The van der Waals surface area contributed by atoms with Crippen molar-refractivity contribution in [1.29, 1.82) is 0 Å². The average Bonchev–Trinajstić information content (AvgIpc) is 2.96. The second-order valence-electron chi connectivity index (χ2n) is 6.79. The zero-order valence-corrected chi connectivity index (χ0v) is 12.4. The lowest BCUT2D eigenvalue weighted by Crippen LogP contribution is -2.39. The average molecular weight is 273 g/mol. The Hall–Kier alpha value is -0.860. The highest BCUT2D eigenvalue weighted by molar-refractivity contribution is 5.19. The summed E-state index contributed by atoms with van der Waals surface area (Å²) in [6, 6.07) is 11.0. The molecule has 2 saturated carbocycles. The summed E-state index contributed by atoms with van der Waals surface area (Å²) in [5.74, 6) is 0. The second kappa shape index (κ2) is 6.28. The summed E-state index contributed by atoms with van der Waals surface area (Å²) < 4.78 is 0. The molecule has 0 amide bonds. The van der Waals surface area contributed by atoms with Gasteiger partial charge < -0.3 is 10.4 Å². The van der Waals surface area contributed by atoms with Crippen molar-refractivity contribution in [2.24, 2.45) is 5.41 Å². The lowest BCUT2D eigenvalue weighted by Gasteiger charge is -2.38. The molecule has 3 rings (SSSR count). The van der Waals surface area contributed by atoms with Crippen LogP contribution in [0, 0.1) is 5.41 Å². The van der Waals surface area contributed by atoms with Crippen LogP contribution in [-0.4, -0.2) is 17.8 Å². The first kappa shape index (κ1) is 14.1. The van der Waals surface area contributed by atoms with Gasteiger partial charge in [0.15, 0.2) is 0 Å². The van der Waals surface area contributed by atoms with Crippen LogP contribution in [-0.2, 0) is 0 Å². The van der Waals surface area contributed by atoms with Crippen molar-refractivity contribution in [1.82, 2.24) is 5.32 Å². The van der Waals surface area contributed by atoms with Crippen LogP contribution in [0.5, 0.6) is 0 Å². The first-order chi connectivity index (χ1) is 9.81. The zero-order valence-electron chi connectivity index (χ0n) is 12.4. The standard InChI is InChI=1S/C18H27NO/c20-14-17(15-6-2-1-3-7-15)19-16-8-12-18(13-9-16)10-4-5-11-18/h1-3,6-7,16-17,19-20H,4-5,8-14H2/t17-/m0/s1. The molecule has 1 aromatic rings. The Morgan fingerprint density at radius 3 is 2.30 bits per heavy atom. The van der Waals surface area contributed by atoms with Gasteiger partial charge in [0.2, 0.25) is 0 Å². The number of hydrogen-bond donors (Lipinski definition) is 2. The van der Waals surface area contributed by atoms with Gasteiger partial charge in [-0.2, -0.15) is 0 Å². The third-order valence-electron chi connectivity index (χ3n) is 5.53. The van der Waals surface area contributed by atoms with Crippen molar-refractivity contribution in [3.63, 3.8) is 0 Å². The summed E-state index contributed by atoms with van der Waals surface area (Å²) in [5, 5.41) is 13.3. The van der Waals surface area contributed by atoms with Crippen molar-refractivity contribution < 1.29 is 5.11 Å². The molecule has 2 N–H and O–H groups in total. The van der Waals surface area contributed by atoms with Crippen molar-refractivity contribution in [3.05, 3.63) is 35.9 Å². The van der Waals surface area contributed by atoms with Crippen molar-refractivity contribution in [2.45, 2.75) is 63.5 Å². The van der Waals surface area contributed by atoms with E-state index >= 15 is 0 Å². The van der Waals surface area contributed by atoms with E-state index in [0.717, 1.165) is 0 Å². The fourth-order valence-corrected chi connectivity index (χ4v) is 4.25. The number of hydrogen-bond acceptors (Lipinski definition) is 2. The quantitative estimate of drug-likeness (QED) is 0.874. The molecule has 1 aromatic carbocycles. The lowest BCUT2D eigenvalue weighted by atomic mass is 9.71. The first-order valence-corrected chi connectivity index (χ1v) is 8.23. The van der Waals surface area contributed by atoms with Gasteiger partial charge in [-0.05, 0) is 49.5 Å². The minimum Gasteiger partial charge on any atom is -0.394 e. The largest absolute Gasteiger partial charge is 0.394 e. The number of aliphatic hydroxyl groups excluding tert-OH is 1. The predicted octanol–water partition coefficient (Wildman–Crippen LogP) is 3.81. The maximum Gasteiger partial charge on any atom is 0.0626 e. The van der Waals surface area contributed by atoms with Gasteiger partial charge in [-0.15, -0.1) is 0 Å². The Balaban J connectivity index is 1.55. The van der Waals surface area contributed by atoms with Crippen LogP contribution in [0.2, 0.25) is 0 Å². The number of aliphatic hydroxyl groups is 1. The van der Waals surface area contributed by atoms with Crippen molar-refractivity contribution in [3.8, 4) is 0 Å². The van der Waals surface area contributed by atoms with Crippen molar-refractivity contribution >= 4 is 0 Å². The summed E-state index contributed by atoms with van der Waals surface area (Å²) in [7, 11) is 0. The Morgan fingerprint density at radius 1 is 1.05 bits per heavy atom. The van der Waals surface area contributed by atoms with Crippen LogP contribution < -0.4 is 5.32 Å². The second-order valence-corrected chi connectivity index (χ2v) is 6.79. The number of rotatable bonds is 4. The molecule has 2 aliphatic rings. The molecule has 1 spiro atoms. The molecule has 0 aliphatic heterocycles. The molecule has 0 aromatic heterocycles. The molecular formula is C18H27NO. The van der Waals surface area contributed by atoms with Gasteiger partial charge >= 0.3 is 0 Å². The van der Waals surface area contributed by atoms with E-state index in [-0.39, 0.29) is 12.6 Å². The highest BCUT2D eigenvalue weighted by Crippen LogP contribution is 2.49. The molecule has 2 heteroatoms. The summed E-state index contributed by atoms with van der Waals surface area (Å²) in [4.78, 5) is 0. The van der Waals surface area contributed by atoms with E-state index in [0.29, 0.717) is 11.5 Å². The fourth-order valence-electron chi connectivity index (χ4n) is 4.25. The minimum absolute atomic E-state index is 0.0961. The topological polar surface area (TPSA) is 32.3 Å². The Bertz CT molecular complexity index is 401. The molecule has 0 saturated heterocycles. The van der Waals surface area contributed by atoms with Crippen LogP contribution in [0.4, 0.5) is 0 Å². The highest BCUT2D eigenvalue weighted by Gasteiger charge is 2.37. The molecule has 2 fully saturated rings. The van der Waals surface area contributed by atoms with Crippen LogP contribution in [0.3, 0.4) is 0 Å². The Labute approximate surface area is 122 Å². The smallest absolute Gasteiger partial charge is 0.0626 e. The maximum atomic E-state index is 9.65. The molecule has 0 radical (unpaired) electrons. The molecule has 0 unspecified atom stereocenters. The van der Waals surface area contributed by atoms with Crippen LogP contribution in [0.15, 0.2) is 30.3 Å². The van der Waals surface area contributed by atoms with E-state index in [4.69, 9.17) is 0 Å². The SMILES string of the molecule is OC[C@H](NC1CCC2(CCCC2)CC1)c1ccccc1. The van der Waals surface area contributed by atoms with Crippen LogP contribution >= 0.6 is 0 Å². The van der Waals surface area contributed by atoms with E-state index in [1.54, 1.807) is 0 Å². The number of nitrogens with one attached hydrogen (secondary N) is 1. The normalized spacial score (nSPS) is 24.1. The van der Waals surface area contributed by atoms with E-state index in [9.17, 15) is 5.11 Å². The van der Waals surface area contributed by atoms with Crippen LogP contribution in [0.1, 0.15) is 63.0 Å². The van der Waals surface area contributed by atoms with E-state index in [2.05, 4.69) is 17.4 Å². The molecule has 1 atom stereocenters. The maximum absolute atomic E-state index is 9.65. The lowest BCUT2D eigenvalue weighted by molar-refractivity contribution is 0.150. The predicted molar refractivity (Wildman–Crippen MR) is 82.6 cm³/mol. The summed E-state index contributed by atoms with van der Waals surface area (Å²) in [6.07, 6.45) is 11.1. The monoisotopic (exact) mass is 273 g/mol. The third-order valence-corrected chi connectivity index (χ3v) is 5.53. The molecule has 110 valence electrons. The van der Waals surface area contributed by atoms with Crippen LogP contribution in [0.25, 0.3) is 0 Å². The highest BCUT2D eigenvalue weighted by atomic mass is 16.3. The van der Waals surface area contributed by atoms with E-state index in [1.807, 2.05) is 18.2 Å². The Kier molecular flexibility index (Phi) is 4.42. The van der Waals surface area contributed by atoms with E-state index in [1.165, 1.54) is 56.9 Å². The molecule has 0 bridgehead atoms. The number of benzene rings is 1. The molecule has 2 aliphatic carbocycles. The summed E-state index contributed by atoms with van der Waals surface area (Å²) in [6.45, 7) is 0.186. The molecule has 2 nitrogen and oxygen atoms in total. The third kappa shape index (κ3) is 3.07. The zero-order chi connectivity index (χ0) is 13.8. The van der Waals surface area contributed by atoms with Gasteiger partial charge in [0.05, 0.1) is 12.6 Å². The minimum atomic E-state index is 0.0961. The Morgan fingerprint density at radius 2 is 1.70 bits per heavy atom. The molecule has 20 heavy (non-hydrogen) atoms. The van der Waals surface area contributed by atoms with Gasteiger partial charge in [0.25, 0.3) is 0 Å². The van der Waals surface area contributed by atoms with E-state index < -0.39 is 0 Å². The summed E-state index contributed by atoms with van der Waals surface area (Å²) in [5.41, 5.74) is 1.90. The van der Waals surface area contributed by atoms with Gasteiger partial charge in [0.1, 0.15) is 0 Å². The van der Waals surface area contributed by atoms with Gasteiger partial charge in [0, 0.05) is 6.04 Å². The van der Waals surface area contributed by atoms with Gasteiger partial charge in [-0.25, -0.2) is 0 Å². The fraction of sp³-hybridized carbons (Fsp3) is 0.667. The first-order valence-electron chi connectivity index (χ1n) is 8.23. The van der Waals surface area contributed by atoms with Gasteiger partial charge in [-0.1, -0.05) is 43.2 Å². The molecule has 0 heterocycles. The van der Waals surface area contributed by atoms with Gasteiger partial charge in [-0.3, -0.25) is 0 Å². The summed E-state index contributed by atoms with van der Waals surface area (Å²) >= 11 is 0. The molecular weight excluding hydrogens is 246 g/mol. The van der Waals surface area contributed by atoms with Crippen molar-refractivity contribution in [2.75, 3.05) is 6.61 Å².